The van der Waals surface area contributed by atoms with Gasteiger partial charge in [0, 0.05) is 54.2 Å². The standard InChI is InChI=1S/C32H35N3O5/c1-19-17-24-22(6-5-21(34-24)18-35-12-15-38-16-13-35)28(26(19)30(31(36)37)40-32(2,3)4)23-7-8-25-27-20(10-14-39-25)9-11-33-29(23)27/h5-9,11,17,30H,10,12-16,18H2,1-4H3,(H,36,37)/t30-/m0/s1. The summed E-state index contributed by atoms with van der Waals surface area (Å²) in [5.41, 5.74) is 6.16. The van der Waals surface area contributed by atoms with Gasteiger partial charge in [-0.1, -0.05) is 6.07 Å². The summed E-state index contributed by atoms with van der Waals surface area (Å²) in [6, 6.07) is 12.1. The number of hydrogen-bond donors (Lipinski definition) is 1. The van der Waals surface area contributed by atoms with Crippen LogP contribution in [0.5, 0.6) is 5.75 Å². The Bertz CT molecular complexity index is 1590. The molecular weight excluding hydrogens is 506 g/mol. The summed E-state index contributed by atoms with van der Waals surface area (Å²) in [5, 5.41) is 12.3. The molecule has 2 aliphatic heterocycles. The molecule has 1 N–H and O–H groups in total. The van der Waals surface area contributed by atoms with Gasteiger partial charge >= 0.3 is 5.97 Å². The van der Waals surface area contributed by atoms with Crippen molar-refractivity contribution in [1.82, 2.24) is 14.9 Å². The van der Waals surface area contributed by atoms with Crippen LogP contribution in [0.4, 0.5) is 0 Å². The van der Waals surface area contributed by atoms with Gasteiger partial charge in [-0.2, -0.15) is 0 Å². The van der Waals surface area contributed by atoms with Crippen LogP contribution in [0, 0.1) is 6.92 Å². The Kier molecular flexibility index (Phi) is 6.94. The van der Waals surface area contributed by atoms with E-state index in [1.165, 1.54) is 5.56 Å². The third-order valence-corrected chi connectivity index (χ3v) is 7.58. The van der Waals surface area contributed by atoms with Gasteiger partial charge in [0.25, 0.3) is 0 Å². The van der Waals surface area contributed by atoms with Crippen LogP contribution in [0.1, 0.15) is 49.3 Å². The van der Waals surface area contributed by atoms with Crippen LogP contribution in [0.25, 0.3) is 32.9 Å². The lowest BCUT2D eigenvalue weighted by Crippen LogP contribution is -2.35. The predicted octanol–water partition coefficient (Wildman–Crippen LogP) is 5.47. The van der Waals surface area contributed by atoms with E-state index in [9.17, 15) is 9.90 Å². The minimum Gasteiger partial charge on any atom is -0.493 e. The van der Waals surface area contributed by atoms with Gasteiger partial charge in [-0.3, -0.25) is 14.9 Å². The van der Waals surface area contributed by atoms with E-state index in [1.807, 2.05) is 64.2 Å². The summed E-state index contributed by atoms with van der Waals surface area (Å²) in [7, 11) is 0. The highest BCUT2D eigenvalue weighted by Crippen LogP contribution is 2.44. The van der Waals surface area contributed by atoms with E-state index in [0.29, 0.717) is 12.2 Å². The minimum absolute atomic E-state index is 0.622. The molecule has 1 saturated heterocycles. The number of fused-ring (bicyclic) bond motifs is 1. The van der Waals surface area contributed by atoms with Crippen LogP contribution in [0.2, 0.25) is 0 Å². The van der Waals surface area contributed by atoms with Crippen LogP contribution in [0.3, 0.4) is 0 Å². The number of carbonyl (C=O) groups is 1. The van der Waals surface area contributed by atoms with Gasteiger partial charge in [0.1, 0.15) is 5.75 Å². The summed E-state index contributed by atoms with van der Waals surface area (Å²) >= 11 is 0. The highest BCUT2D eigenvalue weighted by Gasteiger charge is 2.33. The fourth-order valence-corrected chi connectivity index (χ4v) is 5.86. The monoisotopic (exact) mass is 541 g/mol. The third-order valence-electron chi connectivity index (χ3n) is 7.58. The molecule has 2 aromatic carbocycles. The average molecular weight is 542 g/mol. The van der Waals surface area contributed by atoms with E-state index in [0.717, 1.165) is 89.2 Å². The Morgan fingerprint density at radius 1 is 1.12 bits per heavy atom. The first kappa shape index (κ1) is 26.6. The molecular formula is C32H35N3O5. The van der Waals surface area contributed by atoms with Crippen LogP contribution in [-0.2, 0) is 27.2 Å². The maximum atomic E-state index is 12.8. The van der Waals surface area contributed by atoms with Crippen molar-refractivity contribution in [3.8, 4) is 16.9 Å². The van der Waals surface area contributed by atoms with Crippen molar-refractivity contribution in [2.45, 2.75) is 52.4 Å². The molecule has 0 radical (unpaired) electrons. The van der Waals surface area contributed by atoms with E-state index < -0.39 is 17.7 Å². The number of aryl methyl sites for hydroxylation is 1. The molecule has 4 aromatic rings. The smallest absolute Gasteiger partial charge is 0.337 e. The Morgan fingerprint density at radius 3 is 2.67 bits per heavy atom. The largest absolute Gasteiger partial charge is 0.493 e. The maximum Gasteiger partial charge on any atom is 0.337 e. The number of nitrogens with zero attached hydrogens (tertiary/aromatic N) is 3. The number of pyridine rings is 2. The first-order chi connectivity index (χ1) is 19.2. The van der Waals surface area contributed by atoms with Gasteiger partial charge in [0.15, 0.2) is 6.10 Å². The van der Waals surface area contributed by atoms with E-state index in [1.54, 1.807) is 0 Å². The Labute approximate surface area is 233 Å². The second-order valence-corrected chi connectivity index (χ2v) is 11.6. The molecule has 208 valence electrons. The molecule has 8 nitrogen and oxygen atoms in total. The van der Waals surface area contributed by atoms with Gasteiger partial charge in [-0.15, -0.1) is 0 Å². The molecule has 40 heavy (non-hydrogen) atoms. The highest BCUT2D eigenvalue weighted by molar-refractivity contribution is 6.08. The molecule has 0 amide bonds. The van der Waals surface area contributed by atoms with Crippen molar-refractivity contribution in [2.24, 2.45) is 0 Å². The molecule has 0 spiro atoms. The second kappa shape index (κ2) is 10.4. The summed E-state index contributed by atoms with van der Waals surface area (Å²) in [4.78, 5) is 25.0. The van der Waals surface area contributed by atoms with Gasteiger partial charge in [0.05, 0.1) is 42.1 Å². The van der Waals surface area contributed by atoms with E-state index in [4.69, 9.17) is 24.2 Å². The molecule has 0 aliphatic carbocycles. The van der Waals surface area contributed by atoms with Crippen LogP contribution < -0.4 is 4.74 Å². The molecule has 4 heterocycles. The number of morpholine rings is 1. The van der Waals surface area contributed by atoms with Crippen molar-refractivity contribution in [3.05, 3.63) is 65.0 Å². The number of rotatable bonds is 6. The fraction of sp³-hybridized carbons (Fsp3) is 0.406. The topological polar surface area (TPSA) is 94.0 Å². The van der Waals surface area contributed by atoms with Crippen molar-refractivity contribution in [2.75, 3.05) is 32.9 Å². The van der Waals surface area contributed by atoms with Crippen molar-refractivity contribution in [1.29, 1.82) is 0 Å². The Hall–Kier alpha value is -3.59. The van der Waals surface area contributed by atoms with Crippen molar-refractivity contribution in [3.63, 3.8) is 0 Å². The molecule has 0 bridgehead atoms. The predicted molar refractivity (Wildman–Crippen MR) is 154 cm³/mol. The zero-order chi connectivity index (χ0) is 28.0. The first-order valence-electron chi connectivity index (χ1n) is 13.9. The number of carboxylic acids is 1. The first-order valence-corrected chi connectivity index (χ1v) is 13.9. The number of aliphatic carboxylic acids is 1. The van der Waals surface area contributed by atoms with Gasteiger partial charge in [-0.05, 0) is 74.7 Å². The normalized spacial score (nSPS) is 16.7. The Morgan fingerprint density at radius 2 is 1.93 bits per heavy atom. The Balaban J connectivity index is 1.61. The van der Waals surface area contributed by atoms with E-state index >= 15 is 0 Å². The molecule has 0 saturated carbocycles. The van der Waals surface area contributed by atoms with E-state index in [-0.39, 0.29) is 0 Å². The summed E-state index contributed by atoms with van der Waals surface area (Å²) < 4.78 is 17.7. The van der Waals surface area contributed by atoms with Gasteiger partial charge in [-0.25, -0.2) is 4.79 Å². The zero-order valence-electron chi connectivity index (χ0n) is 23.5. The lowest BCUT2D eigenvalue weighted by molar-refractivity contribution is -0.160. The van der Waals surface area contributed by atoms with Gasteiger partial charge in [0.2, 0.25) is 0 Å². The summed E-state index contributed by atoms with van der Waals surface area (Å²) in [6.07, 6.45) is 1.45. The van der Waals surface area contributed by atoms with Crippen LogP contribution in [-0.4, -0.2) is 64.5 Å². The third kappa shape index (κ3) is 5.03. The number of ether oxygens (including phenoxy) is 3. The number of aromatic nitrogens is 2. The van der Waals surface area contributed by atoms with Gasteiger partial charge < -0.3 is 19.3 Å². The lowest BCUT2D eigenvalue weighted by atomic mass is 9.86. The van der Waals surface area contributed by atoms with Crippen molar-refractivity contribution < 1.29 is 24.1 Å². The van der Waals surface area contributed by atoms with E-state index in [2.05, 4.69) is 11.0 Å². The van der Waals surface area contributed by atoms with Crippen molar-refractivity contribution >= 4 is 27.8 Å². The average Bonchev–Trinajstić information content (AvgIpc) is 2.92. The number of carboxylic acid groups (broad SMARTS) is 1. The molecule has 1 fully saturated rings. The summed E-state index contributed by atoms with van der Waals surface area (Å²) in [6.45, 7) is 12.1. The van der Waals surface area contributed by atoms with Crippen LogP contribution in [0.15, 0.2) is 42.6 Å². The molecule has 6 rings (SSSR count). The summed E-state index contributed by atoms with van der Waals surface area (Å²) in [5.74, 6) is -0.229. The molecule has 2 aliphatic rings. The lowest BCUT2D eigenvalue weighted by Gasteiger charge is -2.29. The zero-order valence-corrected chi connectivity index (χ0v) is 23.5. The number of hydrogen-bond acceptors (Lipinski definition) is 7. The maximum absolute atomic E-state index is 12.8. The fourth-order valence-electron chi connectivity index (χ4n) is 5.86. The van der Waals surface area contributed by atoms with Crippen LogP contribution >= 0.6 is 0 Å². The number of benzene rings is 2. The highest BCUT2D eigenvalue weighted by atomic mass is 16.5. The second-order valence-electron chi connectivity index (χ2n) is 11.6. The molecule has 0 unspecified atom stereocenters. The minimum atomic E-state index is -1.17. The molecule has 8 heteroatoms. The quantitative estimate of drug-likeness (QED) is 0.344. The molecule has 2 aromatic heterocycles. The SMILES string of the molecule is Cc1cc2nc(CN3CCOCC3)ccc2c(-c2ccc3c4c(ccnc24)CCO3)c1[C@H](OC(C)(C)C)C(=O)O. The molecule has 1 atom stereocenters.